The van der Waals surface area contributed by atoms with E-state index in [0.717, 1.165) is 38.4 Å². The minimum atomic E-state index is -0.220. The summed E-state index contributed by atoms with van der Waals surface area (Å²) in [7, 11) is 0. The first-order valence-electron chi connectivity index (χ1n) is 10.8. The number of nitrogens with zero attached hydrogens (tertiary/aromatic N) is 3. The van der Waals surface area contributed by atoms with Crippen molar-refractivity contribution in [1.82, 2.24) is 5.01 Å². The van der Waals surface area contributed by atoms with Crippen molar-refractivity contribution in [3.63, 3.8) is 0 Å². The Morgan fingerprint density at radius 2 is 1.79 bits per heavy atom. The molecule has 6 rings (SSSR count). The van der Waals surface area contributed by atoms with Gasteiger partial charge in [-0.3, -0.25) is 4.79 Å². The smallest absolute Gasteiger partial charge is 0.259 e. The second-order valence-electron chi connectivity index (χ2n) is 8.05. The second kappa shape index (κ2) is 8.87. The summed E-state index contributed by atoms with van der Waals surface area (Å²) in [5.41, 5.74) is 3.11. The van der Waals surface area contributed by atoms with Crippen LogP contribution in [0.15, 0.2) is 99.2 Å². The Balaban J connectivity index is 1.44. The van der Waals surface area contributed by atoms with E-state index < -0.39 is 0 Å². The van der Waals surface area contributed by atoms with E-state index >= 15 is 0 Å². The molecule has 2 aliphatic rings. The molecule has 2 aliphatic heterocycles. The van der Waals surface area contributed by atoms with Crippen LogP contribution in [-0.4, -0.2) is 21.8 Å². The van der Waals surface area contributed by atoms with Gasteiger partial charge in [0.1, 0.15) is 0 Å². The number of hydrogen-bond acceptors (Lipinski definition) is 5. The molecule has 34 heavy (non-hydrogen) atoms. The Morgan fingerprint density at radius 3 is 2.59 bits per heavy atom. The molecule has 3 aromatic carbocycles. The second-order valence-corrected chi connectivity index (χ2v) is 10.5. The minimum absolute atomic E-state index is 0.0873. The third-order valence-electron chi connectivity index (χ3n) is 5.90. The van der Waals surface area contributed by atoms with Crippen LogP contribution in [0.5, 0.6) is 0 Å². The maximum absolute atomic E-state index is 12.4. The van der Waals surface area contributed by atoms with Crippen molar-refractivity contribution in [2.75, 3.05) is 0 Å². The third kappa shape index (κ3) is 4.09. The Labute approximate surface area is 210 Å². The van der Waals surface area contributed by atoms with Crippen LogP contribution < -0.4 is 0 Å². The third-order valence-corrected chi connectivity index (χ3v) is 7.75. The SMILES string of the molecule is O=C1N=C(N2N=C(c3ccc4ccccc4c3)CC2c2ccc(Cl)cc2)/C(=C/c2cccs2)S1. The van der Waals surface area contributed by atoms with Crippen molar-refractivity contribution in [3.8, 4) is 0 Å². The Hall–Kier alpha value is -3.19. The molecule has 0 radical (unpaired) electrons. The number of aliphatic imine (C=N–C) groups is 1. The molecule has 3 heterocycles. The number of amides is 1. The minimum Gasteiger partial charge on any atom is -0.259 e. The monoisotopic (exact) mass is 499 g/mol. The van der Waals surface area contributed by atoms with Gasteiger partial charge in [0.25, 0.3) is 0 Å². The average molecular weight is 500 g/mol. The molecule has 0 aliphatic carbocycles. The number of fused-ring (bicyclic) bond motifs is 1. The van der Waals surface area contributed by atoms with Gasteiger partial charge in [0.05, 0.1) is 16.7 Å². The highest BCUT2D eigenvalue weighted by Gasteiger charge is 2.37. The summed E-state index contributed by atoms with van der Waals surface area (Å²) in [6.07, 6.45) is 2.71. The van der Waals surface area contributed by atoms with Gasteiger partial charge in [-0.05, 0) is 69.4 Å². The molecular formula is C27H18ClN3OS2. The molecule has 1 amide bonds. The van der Waals surface area contributed by atoms with Crippen LogP contribution in [0.3, 0.4) is 0 Å². The number of carbonyl (C=O) groups excluding carboxylic acids is 1. The molecule has 7 heteroatoms. The molecule has 0 saturated heterocycles. The van der Waals surface area contributed by atoms with Crippen molar-refractivity contribution in [3.05, 3.63) is 110 Å². The van der Waals surface area contributed by atoms with E-state index in [9.17, 15) is 4.79 Å². The van der Waals surface area contributed by atoms with Crippen molar-refractivity contribution in [1.29, 1.82) is 0 Å². The van der Waals surface area contributed by atoms with Gasteiger partial charge in [-0.25, -0.2) is 5.01 Å². The molecule has 0 spiro atoms. The van der Waals surface area contributed by atoms with Gasteiger partial charge in [0.2, 0.25) is 0 Å². The van der Waals surface area contributed by atoms with Crippen LogP contribution in [0.4, 0.5) is 4.79 Å². The van der Waals surface area contributed by atoms with Crippen molar-refractivity contribution in [2.24, 2.45) is 10.1 Å². The van der Waals surface area contributed by atoms with Crippen molar-refractivity contribution >= 4 is 68.3 Å². The fourth-order valence-electron chi connectivity index (χ4n) is 4.26. The van der Waals surface area contributed by atoms with E-state index in [4.69, 9.17) is 16.7 Å². The standard InChI is InChI=1S/C27H18ClN3OS2/c28-21-11-9-18(10-12-21)24-16-23(20-8-7-17-4-1-2-5-19(17)14-20)30-31(24)26-25(34-27(32)29-26)15-22-6-3-13-33-22/h1-15,24H,16H2/b25-15-. The molecule has 1 unspecified atom stereocenters. The van der Waals surface area contributed by atoms with Gasteiger partial charge >= 0.3 is 5.24 Å². The molecule has 1 atom stereocenters. The molecule has 4 aromatic rings. The Bertz CT molecular complexity index is 1490. The number of hydrazone groups is 1. The zero-order valence-corrected chi connectivity index (χ0v) is 20.3. The topological polar surface area (TPSA) is 45.0 Å². The number of carbonyl (C=O) groups is 1. The summed E-state index contributed by atoms with van der Waals surface area (Å²) < 4.78 is 0. The number of hydrogen-bond donors (Lipinski definition) is 0. The van der Waals surface area contributed by atoms with E-state index in [2.05, 4.69) is 35.3 Å². The van der Waals surface area contributed by atoms with E-state index in [1.165, 1.54) is 10.8 Å². The van der Waals surface area contributed by atoms with E-state index in [1.807, 2.05) is 65.0 Å². The van der Waals surface area contributed by atoms with Gasteiger partial charge in [0.15, 0.2) is 5.84 Å². The van der Waals surface area contributed by atoms with Crippen molar-refractivity contribution < 1.29 is 4.79 Å². The quantitative estimate of drug-likeness (QED) is 0.286. The summed E-state index contributed by atoms with van der Waals surface area (Å²) in [4.78, 5) is 18.6. The number of rotatable bonds is 3. The Morgan fingerprint density at radius 1 is 0.971 bits per heavy atom. The zero-order valence-electron chi connectivity index (χ0n) is 17.9. The van der Waals surface area contributed by atoms with Crippen molar-refractivity contribution in [2.45, 2.75) is 12.5 Å². The van der Waals surface area contributed by atoms with Crippen LogP contribution in [0.2, 0.25) is 5.02 Å². The first-order chi connectivity index (χ1) is 16.6. The molecular weight excluding hydrogens is 482 g/mol. The van der Waals surface area contributed by atoms with Gasteiger partial charge < -0.3 is 0 Å². The van der Waals surface area contributed by atoms with Crippen LogP contribution in [0, 0.1) is 0 Å². The number of amidine groups is 1. The number of halogens is 1. The highest BCUT2D eigenvalue weighted by Crippen LogP contribution is 2.40. The van der Waals surface area contributed by atoms with E-state index in [0.29, 0.717) is 17.3 Å². The summed E-state index contributed by atoms with van der Waals surface area (Å²) in [5.74, 6) is 0.596. The van der Waals surface area contributed by atoms with Gasteiger partial charge in [-0.1, -0.05) is 66.2 Å². The van der Waals surface area contributed by atoms with Gasteiger partial charge in [-0.2, -0.15) is 10.1 Å². The normalized spacial score (nSPS) is 19.2. The first kappa shape index (κ1) is 21.4. The number of thiophene rings is 1. The summed E-state index contributed by atoms with van der Waals surface area (Å²) in [5, 5.41) is 11.8. The Kier molecular flexibility index (Phi) is 5.57. The lowest BCUT2D eigenvalue weighted by molar-refractivity contribution is 0.267. The number of benzene rings is 3. The van der Waals surface area contributed by atoms with Gasteiger partial charge in [-0.15, -0.1) is 11.3 Å². The maximum Gasteiger partial charge on any atom is 0.311 e. The molecule has 0 N–H and O–H groups in total. The number of thioether (sulfide) groups is 1. The summed E-state index contributed by atoms with van der Waals surface area (Å²) in [6.45, 7) is 0. The molecule has 4 nitrogen and oxygen atoms in total. The molecule has 0 bridgehead atoms. The van der Waals surface area contributed by atoms with Crippen LogP contribution in [-0.2, 0) is 0 Å². The molecule has 0 fully saturated rings. The fraction of sp³-hybridized carbons (Fsp3) is 0.0741. The molecule has 166 valence electrons. The van der Waals surface area contributed by atoms with Gasteiger partial charge in [0, 0.05) is 16.3 Å². The molecule has 0 saturated carbocycles. The largest absolute Gasteiger partial charge is 0.311 e. The first-order valence-corrected chi connectivity index (χ1v) is 12.9. The average Bonchev–Trinajstić information content (AvgIpc) is 3.60. The lowest BCUT2D eigenvalue weighted by Gasteiger charge is -2.23. The predicted molar refractivity (Wildman–Crippen MR) is 144 cm³/mol. The van der Waals surface area contributed by atoms with E-state index in [-0.39, 0.29) is 11.3 Å². The lowest BCUT2D eigenvalue weighted by atomic mass is 9.97. The van der Waals surface area contributed by atoms with Crippen LogP contribution in [0.25, 0.3) is 16.8 Å². The lowest BCUT2D eigenvalue weighted by Crippen LogP contribution is -2.26. The fourth-order valence-corrected chi connectivity index (χ4v) is 5.85. The predicted octanol–water partition coefficient (Wildman–Crippen LogP) is 8.01. The van der Waals surface area contributed by atoms with Crippen LogP contribution in [0.1, 0.15) is 28.5 Å². The van der Waals surface area contributed by atoms with Crippen LogP contribution >= 0.6 is 34.7 Å². The highest BCUT2D eigenvalue weighted by molar-refractivity contribution is 8.18. The maximum atomic E-state index is 12.4. The van der Waals surface area contributed by atoms with E-state index in [1.54, 1.807) is 11.3 Å². The molecule has 1 aromatic heterocycles. The summed E-state index contributed by atoms with van der Waals surface area (Å²) >= 11 is 8.94. The zero-order chi connectivity index (χ0) is 23.1. The summed E-state index contributed by atoms with van der Waals surface area (Å²) in [6, 6.07) is 26.5. The highest BCUT2D eigenvalue weighted by atomic mass is 35.5.